The van der Waals surface area contributed by atoms with Crippen LogP contribution in [-0.4, -0.2) is 50.7 Å². The molecule has 1 amide bonds. The summed E-state index contributed by atoms with van der Waals surface area (Å²) in [6.45, 7) is 3.41. The molecule has 30 heavy (non-hydrogen) atoms. The summed E-state index contributed by atoms with van der Waals surface area (Å²) >= 11 is 3.20. The highest BCUT2D eigenvalue weighted by Gasteiger charge is 2.25. The fraction of sp³-hybridized carbons (Fsp3) is 0.318. The summed E-state index contributed by atoms with van der Waals surface area (Å²) in [4.78, 5) is 27.2. The van der Waals surface area contributed by atoms with Crippen LogP contribution < -0.4 is 0 Å². The van der Waals surface area contributed by atoms with Gasteiger partial charge in [0.2, 0.25) is 0 Å². The molecule has 0 aliphatic rings. The lowest BCUT2D eigenvalue weighted by atomic mass is 10.1. The van der Waals surface area contributed by atoms with E-state index in [2.05, 4.69) is 41.0 Å². The second-order valence-corrected chi connectivity index (χ2v) is 9.19. The third-order valence-corrected chi connectivity index (χ3v) is 7.06. The molecule has 0 saturated heterocycles. The van der Waals surface area contributed by atoms with E-state index in [1.165, 1.54) is 5.56 Å². The summed E-state index contributed by atoms with van der Waals surface area (Å²) < 4.78 is 2.04. The predicted octanol–water partition coefficient (Wildman–Crippen LogP) is 4.36. The van der Waals surface area contributed by atoms with Crippen LogP contribution in [0.5, 0.6) is 0 Å². The Morgan fingerprint density at radius 1 is 1.17 bits per heavy atom. The van der Waals surface area contributed by atoms with Crippen LogP contribution in [-0.2, 0) is 13.0 Å². The van der Waals surface area contributed by atoms with Crippen molar-refractivity contribution in [2.24, 2.45) is 0 Å². The topological polar surface area (TPSA) is 53.7 Å². The van der Waals surface area contributed by atoms with Crippen LogP contribution >= 0.6 is 22.7 Å². The zero-order valence-corrected chi connectivity index (χ0v) is 19.0. The number of imidazole rings is 1. The Kier molecular flexibility index (Phi) is 6.26. The second-order valence-electron chi connectivity index (χ2n) is 7.39. The van der Waals surface area contributed by atoms with Crippen LogP contribution in [0, 0.1) is 0 Å². The van der Waals surface area contributed by atoms with E-state index < -0.39 is 0 Å². The van der Waals surface area contributed by atoms with E-state index in [1.54, 1.807) is 27.6 Å². The summed E-state index contributed by atoms with van der Waals surface area (Å²) in [5, 5.41) is 5.06. The molecule has 1 aromatic carbocycles. The molecule has 3 aromatic heterocycles. The molecule has 0 bridgehead atoms. The number of rotatable bonds is 8. The van der Waals surface area contributed by atoms with E-state index in [4.69, 9.17) is 0 Å². The first-order chi connectivity index (χ1) is 14.5. The van der Waals surface area contributed by atoms with Crippen LogP contribution in [0.1, 0.15) is 39.7 Å². The Bertz CT molecular complexity index is 1100. The Balaban J connectivity index is 1.53. The van der Waals surface area contributed by atoms with Crippen molar-refractivity contribution in [3.8, 4) is 0 Å². The van der Waals surface area contributed by atoms with Gasteiger partial charge in [-0.15, -0.1) is 22.7 Å². The number of hydrogen-bond acceptors (Lipinski definition) is 6. The number of amides is 1. The Morgan fingerprint density at radius 3 is 2.70 bits per heavy atom. The lowest BCUT2D eigenvalue weighted by molar-refractivity contribution is 0.0788. The van der Waals surface area contributed by atoms with Gasteiger partial charge in [0.15, 0.2) is 10.7 Å². The third kappa shape index (κ3) is 4.30. The third-order valence-electron chi connectivity index (χ3n) is 5.36. The van der Waals surface area contributed by atoms with E-state index >= 15 is 0 Å². The van der Waals surface area contributed by atoms with Gasteiger partial charge >= 0.3 is 0 Å². The van der Waals surface area contributed by atoms with E-state index in [0.29, 0.717) is 18.8 Å². The van der Waals surface area contributed by atoms with Crippen molar-refractivity contribution in [3.05, 3.63) is 75.4 Å². The fourth-order valence-corrected chi connectivity index (χ4v) is 4.87. The number of benzene rings is 1. The van der Waals surface area contributed by atoms with Gasteiger partial charge in [-0.05, 0) is 26.0 Å². The zero-order chi connectivity index (χ0) is 21.1. The molecule has 4 aromatic rings. The van der Waals surface area contributed by atoms with E-state index in [-0.39, 0.29) is 11.9 Å². The average molecular weight is 440 g/mol. The molecule has 0 unspecified atom stereocenters. The summed E-state index contributed by atoms with van der Waals surface area (Å²) in [6, 6.07) is 10.4. The molecule has 4 rings (SSSR count). The molecule has 0 spiro atoms. The first kappa shape index (κ1) is 20.7. The van der Waals surface area contributed by atoms with E-state index in [9.17, 15) is 4.79 Å². The van der Waals surface area contributed by atoms with Crippen molar-refractivity contribution in [2.75, 3.05) is 20.6 Å². The van der Waals surface area contributed by atoms with Crippen molar-refractivity contribution >= 4 is 33.5 Å². The maximum absolute atomic E-state index is 13.3. The maximum Gasteiger partial charge on any atom is 0.274 e. The number of fused-ring (bicyclic) bond motifs is 1. The molecular formula is C22H25N5OS2. The molecule has 0 N–H and O–H groups in total. The summed E-state index contributed by atoms with van der Waals surface area (Å²) in [5.41, 5.74) is 2.68. The number of thiazole rings is 2. The molecule has 3 heterocycles. The van der Waals surface area contributed by atoms with Crippen LogP contribution in [0.25, 0.3) is 4.96 Å². The van der Waals surface area contributed by atoms with Crippen LogP contribution in [0.15, 0.2) is 53.5 Å². The number of hydrogen-bond donors (Lipinski definition) is 0. The number of carbonyl (C=O) groups excluding carboxylic acids is 1. The lowest BCUT2D eigenvalue weighted by Gasteiger charge is -2.23. The molecule has 0 radical (unpaired) electrons. The van der Waals surface area contributed by atoms with Crippen LogP contribution in [0.2, 0.25) is 0 Å². The highest BCUT2D eigenvalue weighted by atomic mass is 32.1. The average Bonchev–Trinajstić information content (AvgIpc) is 3.50. The molecule has 0 aliphatic heterocycles. The molecule has 1 atom stereocenters. The van der Waals surface area contributed by atoms with Crippen molar-refractivity contribution in [1.29, 1.82) is 0 Å². The minimum atomic E-state index is -0.0351. The standard InChI is InChI=1S/C22H25N5OS2/c1-16(20-23-10-13-29-20)26(3)15-18-19(24-22-27(18)12-14-30-22)21(28)25(2)11-9-17-7-5-4-6-8-17/h4-8,10,12-14,16H,9,11,15H2,1-3H3/t16-/m1/s1. The minimum absolute atomic E-state index is 0.0351. The number of aromatic nitrogens is 3. The smallest absolute Gasteiger partial charge is 0.274 e. The van der Waals surface area contributed by atoms with Gasteiger partial charge in [-0.3, -0.25) is 14.1 Å². The maximum atomic E-state index is 13.3. The Hall–Kier alpha value is -2.55. The lowest BCUT2D eigenvalue weighted by Crippen LogP contribution is -2.31. The molecular weight excluding hydrogens is 414 g/mol. The van der Waals surface area contributed by atoms with Crippen molar-refractivity contribution in [1.82, 2.24) is 24.2 Å². The number of carbonyl (C=O) groups is 1. The van der Waals surface area contributed by atoms with E-state index in [1.807, 2.05) is 52.8 Å². The highest BCUT2D eigenvalue weighted by molar-refractivity contribution is 7.15. The first-order valence-electron chi connectivity index (χ1n) is 9.88. The van der Waals surface area contributed by atoms with E-state index in [0.717, 1.165) is 22.1 Å². The summed E-state index contributed by atoms with van der Waals surface area (Å²) in [7, 11) is 3.91. The zero-order valence-electron chi connectivity index (χ0n) is 17.4. The van der Waals surface area contributed by atoms with Crippen LogP contribution in [0.4, 0.5) is 0 Å². The molecule has 8 heteroatoms. The Labute approximate surface area is 184 Å². The number of nitrogens with zero attached hydrogens (tertiary/aromatic N) is 5. The van der Waals surface area contributed by atoms with Crippen molar-refractivity contribution < 1.29 is 4.79 Å². The fourth-order valence-electron chi connectivity index (χ4n) is 3.38. The first-order valence-corrected chi connectivity index (χ1v) is 11.6. The van der Waals surface area contributed by atoms with Gasteiger partial charge in [-0.1, -0.05) is 30.3 Å². The predicted molar refractivity (Wildman–Crippen MR) is 122 cm³/mol. The molecule has 6 nitrogen and oxygen atoms in total. The molecule has 156 valence electrons. The minimum Gasteiger partial charge on any atom is -0.340 e. The number of likely N-dealkylation sites (N-methyl/N-ethyl adjacent to an activating group) is 1. The van der Waals surface area contributed by atoms with Gasteiger partial charge in [0.1, 0.15) is 5.01 Å². The monoisotopic (exact) mass is 439 g/mol. The van der Waals surface area contributed by atoms with Gasteiger partial charge in [0, 0.05) is 43.3 Å². The van der Waals surface area contributed by atoms with Gasteiger partial charge < -0.3 is 4.90 Å². The molecule has 0 saturated carbocycles. The van der Waals surface area contributed by atoms with Gasteiger partial charge in [-0.2, -0.15) is 0 Å². The largest absolute Gasteiger partial charge is 0.340 e. The SMILES string of the molecule is C[C@H](c1nccs1)N(C)Cc1c(C(=O)N(C)CCc2ccccc2)nc2sccn12. The Morgan fingerprint density at radius 2 is 1.97 bits per heavy atom. The van der Waals surface area contributed by atoms with Crippen molar-refractivity contribution in [2.45, 2.75) is 25.9 Å². The normalized spacial score (nSPS) is 12.5. The quantitative estimate of drug-likeness (QED) is 0.409. The summed E-state index contributed by atoms with van der Waals surface area (Å²) in [5.74, 6) is -0.0351. The van der Waals surface area contributed by atoms with Crippen molar-refractivity contribution in [3.63, 3.8) is 0 Å². The second kappa shape index (κ2) is 9.07. The molecule has 0 fully saturated rings. The summed E-state index contributed by atoms with van der Waals surface area (Å²) in [6.07, 6.45) is 4.64. The van der Waals surface area contributed by atoms with Gasteiger partial charge in [0.25, 0.3) is 5.91 Å². The molecule has 0 aliphatic carbocycles. The van der Waals surface area contributed by atoms with Crippen LogP contribution in [0.3, 0.4) is 0 Å². The van der Waals surface area contributed by atoms with Gasteiger partial charge in [-0.25, -0.2) is 9.97 Å². The van der Waals surface area contributed by atoms with Gasteiger partial charge in [0.05, 0.1) is 11.7 Å². The highest BCUT2D eigenvalue weighted by Crippen LogP contribution is 2.25.